The Kier molecular flexibility index (Phi) is 4.97. The number of benzene rings is 1. The molecule has 0 aliphatic rings. The van der Waals surface area contributed by atoms with E-state index in [2.05, 4.69) is 43.4 Å². The van der Waals surface area contributed by atoms with E-state index in [-0.39, 0.29) is 0 Å². The van der Waals surface area contributed by atoms with Crippen molar-refractivity contribution in [3.05, 3.63) is 41.5 Å². The van der Waals surface area contributed by atoms with Crippen LogP contribution in [0.3, 0.4) is 0 Å². The molecule has 1 nitrogen and oxygen atoms in total. The first-order valence-electron chi connectivity index (χ1n) is 5.89. The molecule has 1 heteroatoms. The predicted octanol–water partition coefficient (Wildman–Crippen LogP) is 4.26. The molecule has 0 aliphatic heterocycles. The lowest BCUT2D eigenvalue weighted by molar-refractivity contribution is 0.793. The molecule has 0 spiro atoms. The predicted molar refractivity (Wildman–Crippen MR) is 73.0 cm³/mol. The van der Waals surface area contributed by atoms with Gasteiger partial charge in [-0.1, -0.05) is 43.7 Å². The Morgan fingerprint density at radius 1 is 1.38 bits per heavy atom. The summed E-state index contributed by atoms with van der Waals surface area (Å²) in [5.74, 6) is 0. The minimum absolute atomic E-state index is 0.683. The minimum Gasteiger partial charge on any atom is -0.296 e. The number of allylic oxidation sites excluding steroid dienone is 1. The van der Waals surface area contributed by atoms with Crippen LogP contribution in [-0.4, -0.2) is 6.72 Å². The summed E-state index contributed by atoms with van der Waals surface area (Å²) in [6, 6.07) is 6.61. The normalized spacial score (nSPS) is 10.1. The van der Waals surface area contributed by atoms with Gasteiger partial charge in [0.2, 0.25) is 0 Å². The monoisotopic (exact) mass is 215 g/mol. The third kappa shape index (κ3) is 3.34. The van der Waals surface area contributed by atoms with E-state index in [0.717, 1.165) is 12.0 Å². The van der Waals surface area contributed by atoms with Gasteiger partial charge >= 0.3 is 0 Å². The molecule has 1 aromatic carbocycles. The molecule has 0 fully saturated rings. The standard InChI is InChI=1S/C15H21N/c1-5-6-7-13-8-9-15(12(2)3)14(10-13)11-16-4/h8-10H,2,4-7,11H2,1,3H3. The Bertz CT molecular complexity index is 377. The van der Waals surface area contributed by atoms with Gasteiger partial charge < -0.3 is 0 Å². The number of rotatable bonds is 6. The fourth-order valence-electron chi connectivity index (χ4n) is 1.85. The second-order valence-corrected chi connectivity index (χ2v) is 4.26. The number of hydrogen-bond donors (Lipinski definition) is 0. The first-order valence-corrected chi connectivity index (χ1v) is 5.89. The van der Waals surface area contributed by atoms with Gasteiger partial charge in [-0.3, -0.25) is 4.99 Å². The van der Waals surface area contributed by atoms with Gasteiger partial charge in [-0.25, -0.2) is 0 Å². The third-order valence-electron chi connectivity index (χ3n) is 2.73. The van der Waals surface area contributed by atoms with Crippen LogP contribution in [0.1, 0.15) is 43.4 Å². The van der Waals surface area contributed by atoms with E-state index in [1.54, 1.807) is 0 Å². The van der Waals surface area contributed by atoms with Crippen LogP contribution in [0.15, 0.2) is 29.8 Å². The summed E-state index contributed by atoms with van der Waals surface area (Å²) < 4.78 is 0. The van der Waals surface area contributed by atoms with Crippen molar-refractivity contribution in [2.75, 3.05) is 0 Å². The first kappa shape index (κ1) is 12.7. The molecule has 0 unspecified atom stereocenters. The van der Waals surface area contributed by atoms with Gasteiger partial charge in [0.05, 0.1) is 6.54 Å². The highest BCUT2D eigenvalue weighted by Crippen LogP contribution is 2.20. The number of aliphatic imine (C=N–C) groups is 1. The van der Waals surface area contributed by atoms with Crippen LogP contribution in [0.2, 0.25) is 0 Å². The summed E-state index contributed by atoms with van der Waals surface area (Å²) in [5.41, 5.74) is 4.95. The van der Waals surface area contributed by atoms with E-state index in [4.69, 9.17) is 0 Å². The van der Waals surface area contributed by atoms with Crippen molar-refractivity contribution in [2.24, 2.45) is 4.99 Å². The van der Waals surface area contributed by atoms with Crippen LogP contribution >= 0.6 is 0 Å². The van der Waals surface area contributed by atoms with Gasteiger partial charge in [-0.05, 0) is 43.2 Å². The van der Waals surface area contributed by atoms with Crippen molar-refractivity contribution in [1.82, 2.24) is 0 Å². The van der Waals surface area contributed by atoms with Gasteiger partial charge in [-0.2, -0.15) is 0 Å². The fraction of sp³-hybridized carbons (Fsp3) is 0.400. The van der Waals surface area contributed by atoms with Gasteiger partial charge in [0.15, 0.2) is 0 Å². The molecular formula is C15H21N. The molecular weight excluding hydrogens is 194 g/mol. The van der Waals surface area contributed by atoms with Crippen molar-refractivity contribution in [2.45, 2.75) is 39.7 Å². The second-order valence-electron chi connectivity index (χ2n) is 4.26. The molecule has 0 aromatic heterocycles. The van der Waals surface area contributed by atoms with E-state index in [1.165, 1.54) is 29.5 Å². The van der Waals surface area contributed by atoms with E-state index in [1.807, 2.05) is 6.92 Å². The summed E-state index contributed by atoms with van der Waals surface area (Å²) in [6.07, 6.45) is 3.63. The molecule has 0 saturated carbocycles. The lowest BCUT2D eigenvalue weighted by atomic mass is 9.97. The lowest BCUT2D eigenvalue weighted by Gasteiger charge is -2.10. The van der Waals surface area contributed by atoms with Crippen LogP contribution in [-0.2, 0) is 13.0 Å². The highest BCUT2D eigenvalue weighted by Gasteiger charge is 2.03. The molecule has 16 heavy (non-hydrogen) atoms. The Labute approximate surface area is 98.9 Å². The smallest absolute Gasteiger partial charge is 0.0638 e. The van der Waals surface area contributed by atoms with Crippen molar-refractivity contribution in [3.63, 3.8) is 0 Å². The molecule has 1 rings (SSSR count). The van der Waals surface area contributed by atoms with Crippen LogP contribution in [0, 0.1) is 0 Å². The summed E-state index contributed by atoms with van der Waals surface area (Å²) >= 11 is 0. The van der Waals surface area contributed by atoms with E-state index in [0.29, 0.717) is 6.54 Å². The van der Waals surface area contributed by atoms with Crippen molar-refractivity contribution >= 4 is 12.3 Å². The summed E-state index contributed by atoms with van der Waals surface area (Å²) in [5, 5.41) is 0. The Morgan fingerprint density at radius 2 is 2.12 bits per heavy atom. The maximum Gasteiger partial charge on any atom is 0.0638 e. The second kappa shape index (κ2) is 6.26. The number of hydrogen-bond acceptors (Lipinski definition) is 1. The van der Waals surface area contributed by atoms with Gasteiger partial charge in [0.25, 0.3) is 0 Å². The quantitative estimate of drug-likeness (QED) is 0.629. The molecule has 0 heterocycles. The topological polar surface area (TPSA) is 12.4 Å². The Morgan fingerprint density at radius 3 is 2.69 bits per heavy atom. The molecule has 0 saturated heterocycles. The minimum atomic E-state index is 0.683. The zero-order valence-corrected chi connectivity index (χ0v) is 10.4. The van der Waals surface area contributed by atoms with Crippen molar-refractivity contribution in [1.29, 1.82) is 0 Å². The number of aryl methyl sites for hydroxylation is 1. The summed E-state index contributed by atoms with van der Waals surface area (Å²) in [6.45, 7) is 12.5. The van der Waals surface area contributed by atoms with Crippen LogP contribution < -0.4 is 0 Å². The molecule has 0 aliphatic carbocycles. The van der Waals surface area contributed by atoms with E-state index >= 15 is 0 Å². The SMILES string of the molecule is C=NCc1cc(CCCC)ccc1C(=C)C. The average molecular weight is 215 g/mol. The highest BCUT2D eigenvalue weighted by molar-refractivity contribution is 5.65. The first-order chi connectivity index (χ1) is 7.69. The van der Waals surface area contributed by atoms with Crippen LogP contribution in [0.5, 0.6) is 0 Å². The maximum absolute atomic E-state index is 4.00. The highest BCUT2D eigenvalue weighted by atomic mass is 14.7. The van der Waals surface area contributed by atoms with Gasteiger partial charge in [0, 0.05) is 0 Å². The molecule has 0 amide bonds. The lowest BCUT2D eigenvalue weighted by Crippen LogP contribution is -1.94. The number of unbranched alkanes of at least 4 members (excludes halogenated alkanes) is 1. The molecule has 0 bridgehead atoms. The van der Waals surface area contributed by atoms with E-state index < -0.39 is 0 Å². The largest absolute Gasteiger partial charge is 0.296 e. The number of nitrogens with zero attached hydrogens (tertiary/aromatic N) is 1. The molecule has 86 valence electrons. The molecule has 1 aromatic rings. The molecule has 0 atom stereocenters. The fourth-order valence-corrected chi connectivity index (χ4v) is 1.85. The Balaban J connectivity index is 2.97. The van der Waals surface area contributed by atoms with Gasteiger partial charge in [-0.15, -0.1) is 0 Å². The zero-order valence-electron chi connectivity index (χ0n) is 10.4. The van der Waals surface area contributed by atoms with Gasteiger partial charge in [0.1, 0.15) is 0 Å². The average Bonchev–Trinajstić information content (AvgIpc) is 2.26. The zero-order chi connectivity index (χ0) is 12.0. The maximum atomic E-state index is 4.00. The van der Waals surface area contributed by atoms with E-state index in [9.17, 15) is 0 Å². The van der Waals surface area contributed by atoms with Crippen LogP contribution in [0.4, 0.5) is 0 Å². The third-order valence-corrected chi connectivity index (χ3v) is 2.73. The summed E-state index contributed by atoms with van der Waals surface area (Å²) in [7, 11) is 0. The summed E-state index contributed by atoms with van der Waals surface area (Å²) in [4.78, 5) is 3.98. The van der Waals surface area contributed by atoms with Crippen molar-refractivity contribution in [3.8, 4) is 0 Å². The molecule has 0 N–H and O–H groups in total. The Hall–Kier alpha value is -1.37. The van der Waals surface area contributed by atoms with Crippen molar-refractivity contribution < 1.29 is 0 Å². The van der Waals surface area contributed by atoms with Crippen LogP contribution in [0.25, 0.3) is 5.57 Å². The molecule has 0 radical (unpaired) electrons.